The molecule has 0 bridgehead atoms. The topological polar surface area (TPSA) is 75.4 Å². The first-order chi connectivity index (χ1) is 12.0. The second-order valence-electron chi connectivity index (χ2n) is 5.66. The summed E-state index contributed by atoms with van der Waals surface area (Å²) in [6.45, 7) is 6.69. The Morgan fingerprint density at radius 3 is 2.64 bits per heavy atom. The van der Waals surface area contributed by atoms with Crippen LogP contribution in [0.25, 0.3) is 0 Å². The second kappa shape index (κ2) is 9.27. The van der Waals surface area contributed by atoms with Gasteiger partial charge in [-0.3, -0.25) is 9.59 Å². The third kappa shape index (κ3) is 5.94. The standard InChI is InChI=1S/C18H23N3O3S/c1-4-21(11-15-8-6-5-7-9-15)17(22)12-25-14(3)18(23)19-16-10-13(2)24-20-16/h5-10,14H,4,11-12H2,1-3H3,(H,19,20,23). The number of anilines is 1. The number of rotatable bonds is 8. The summed E-state index contributed by atoms with van der Waals surface area (Å²) in [5.74, 6) is 1.10. The van der Waals surface area contributed by atoms with E-state index in [2.05, 4.69) is 10.5 Å². The van der Waals surface area contributed by atoms with Gasteiger partial charge in [0, 0.05) is 19.2 Å². The van der Waals surface area contributed by atoms with E-state index in [1.807, 2.05) is 37.3 Å². The van der Waals surface area contributed by atoms with Gasteiger partial charge in [-0.2, -0.15) is 0 Å². The molecule has 0 spiro atoms. The van der Waals surface area contributed by atoms with Crippen molar-refractivity contribution < 1.29 is 14.1 Å². The minimum Gasteiger partial charge on any atom is -0.360 e. The van der Waals surface area contributed by atoms with Crippen LogP contribution in [0.2, 0.25) is 0 Å². The number of amides is 2. The van der Waals surface area contributed by atoms with Crippen molar-refractivity contribution in [1.82, 2.24) is 10.1 Å². The Hall–Kier alpha value is -2.28. The van der Waals surface area contributed by atoms with Crippen LogP contribution in [0.3, 0.4) is 0 Å². The smallest absolute Gasteiger partial charge is 0.238 e. The molecule has 1 unspecified atom stereocenters. The van der Waals surface area contributed by atoms with E-state index >= 15 is 0 Å². The molecule has 7 heteroatoms. The van der Waals surface area contributed by atoms with Crippen molar-refractivity contribution in [2.45, 2.75) is 32.6 Å². The number of hydrogen-bond donors (Lipinski definition) is 1. The Balaban J connectivity index is 1.81. The molecule has 1 atom stereocenters. The molecule has 6 nitrogen and oxygen atoms in total. The van der Waals surface area contributed by atoms with Gasteiger partial charge in [0.1, 0.15) is 5.76 Å². The van der Waals surface area contributed by atoms with Crippen LogP contribution in [0.4, 0.5) is 5.82 Å². The zero-order valence-electron chi connectivity index (χ0n) is 14.7. The maximum absolute atomic E-state index is 12.4. The van der Waals surface area contributed by atoms with E-state index in [9.17, 15) is 9.59 Å². The molecule has 0 saturated carbocycles. The normalized spacial score (nSPS) is 11.8. The molecule has 0 aliphatic carbocycles. The highest BCUT2D eigenvalue weighted by Gasteiger charge is 2.19. The molecule has 2 rings (SSSR count). The number of aryl methyl sites for hydroxylation is 1. The molecule has 134 valence electrons. The SMILES string of the molecule is CCN(Cc1ccccc1)C(=O)CSC(C)C(=O)Nc1cc(C)on1. The fourth-order valence-corrected chi connectivity index (χ4v) is 2.98. The van der Waals surface area contributed by atoms with Gasteiger partial charge in [-0.25, -0.2) is 0 Å². The molecule has 1 heterocycles. The van der Waals surface area contributed by atoms with Crippen molar-refractivity contribution in [1.29, 1.82) is 0 Å². The van der Waals surface area contributed by atoms with Crippen molar-refractivity contribution in [3.63, 3.8) is 0 Å². The maximum Gasteiger partial charge on any atom is 0.238 e. The maximum atomic E-state index is 12.4. The van der Waals surface area contributed by atoms with Crippen LogP contribution >= 0.6 is 11.8 Å². The molecule has 0 saturated heterocycles. The Kier molecular flexibility index (Phi) is 7.06. The fraction of sp³-hybridized carbons (Fsp3) is 0.389. The summed E-state index contributed by atoms with van der Waals surface area (Å²) < 4.78 is 4.91. The van der Waals surface area contributed by atoms with Crippen LogP contribution in [0.15, 0.2) is 40.9 Å². The number of aromatic nitrogens is 1. The lowest BCUT2D eigenvalue weighted by Crippen LogP contribution is -2.33. The summed E-state index contributed by atoms with van der Waals surface area (Å²) in [4.78, 5) is 26.3. The molecule has 0 aliphatic heterocycles. The second-order valence-corrected chi connectivity index (χ2v) is 6.99. The van der Waals surface area contributed by atoms with E-state index in [0.717, 1.165) is 5.56 Å². The molecule has 0 aliphatic rings. The summed E-state index contributed by atoms with van der Waals surface area (Å²) in [5.41, 5.74) is 1.09. The molecule has 1 N–H and O–H groups in total. The summed E-state index contributed by atoms with van der Waals surface area (Å²) in [6.07, 6.45) is 0. The highest BCUT2D eigenvalue weighted by atomic mass is 32.2. The van der Waals surface area contributed by atoms with Crippen LogP contribution in [0.5, 0.6) is 0 Å². The van der Waals surface area contributed by atoms with Gasteiger partial charge in [0.05, 0.1) is 11.0 Å². The molecule has 2 aromatic rings. The average Bonchev–Trinajstić information content (AvgIpc) is 3.02. The van der Waals surface area contributed by atoms with Crippen molar-refractivity contribution >= 4 is 29.4 Å². The van der Waals surface area contributed by atoms with Gasteiger partial charge >= 0.3 is 0 Å². The molecule has 1 aromatic heterocycles. The largest absolute Gasteiger partial charge is 0.360 e. The first-order valence-corrected chi connectivity index (χ1v) is 9.22. The molecule has 25 heavy (non-hydrogen) atoms. The van der Waals surface area contributed by atoms with Crippen molar-refractivity contribution in [3.05, 3.63) is 47.7 Å². The van der Waals surface area contributed by atoms with Gasteiger partial charge in [0.2, 0.25) is 11.8 Å². The first kappa shape index (κ1) is 19.1. The van der Waals surface area contributed by atoms with Crippen LogP contribution in [0.1, 0.15) is 25.2 Å². The van der Waals surface area contributed by atoms with E-state index < -0.39 is 0 Å². The molecule has 0 radical (unpaired) electrons. The van der Waals surface area contributed by atoms with Crippen molar-refractivity contribution in [2.75, 3.05) is 17.6 Å². The predicted octanol–water partition coefficient (Wildman–Crippen LogP) is 3.09. The van der Waals surface area contributed by atoms with E-state index in [4.69, 9.17) is 4.52 Å². The monoisotopic (exact) mass is 361 g/mol. The minimum atomic E-state index is -0.364. The Morgan fingerprint density at radius 2 is 2.04 bits per heavy atom. The van der Waals surface area contributed by atoms with Crippen molar-refractivity contribution in [2.24, 2.45) is 0 Å². The third-order valence-corrected chi connectivity index (χ3v) is 4.78. The third-order valence-electron chi connectivity index (χ3n) is 3.66. The molecule has 2 amide bonds. The van der Waals surface area contributed by atoms with Gasteiger partial charge in [-0.1, -0.05) is 35.5 Å². The summed E-state index contributed by atoms with van der Waals surface area (Å²) in [5, 5.41) is 6.05. The van der Waals surface area contributed by atoms with Gasteiger partial charge in [-0.05, 0) is 26.3 Å². The number of nitrogens with zero attached hydrogens (tertiary/aromatic N) is 2. The quantitative estimate of drug-likeness (QED) is 0.782. The highest BCUT2D eigenvalue weighted by Crippen LogP contribution is 2.16. The van der Waals surface area contributed by atoms with Crippen LogP contribution < -0.4 is 5.32 Å². The zero-order chi connectivity index (χ0) is 18.2. The lowest BCUT2D eigenvalue weighted by molar-refractivity contribution is -0.128. The number of thioether (sulfide) groups is 1. The summed E-state index contributed by atoms with van der Waals surface area (Å²) in [6, 6.07) is 11.5. The van der Waals surface area contributed by atoms with Crippen LogP contribution in [0, 0.1) is 6.92 Å². The van der Waals surface area contributed by atoms with Crippen molar-refractivity contribution in [3.8, 4) is 0 Å². The summed E-state index contributed by atoms with van der Waals surface area (Å²) in [7, 11) is 0. The van der Waals surface area contributed by atoms with Gasteiger partial charge < -0.3 is 14.7 Å². The first-order valence-electron chi connectivity index (χ1n) is 8.17. The van der Waals surface area contributed by atoms with Crippen LogP contribution in [-0.2, 0) is 16.1 Å². The number of hydrogen-bond acceptors (Lipinski definition) is 5. The van der Waals surface area contributed by atoms with E-state index in [1.165, 1.54) is 11.8 Å². The fourth-order valence-electron chi connectivity index (χ4n) is 2.20. The molecular weight excluding hydrogens is 338 g/mol. The van der Waals surface area contributed by atoms with Gasteiger partial charge in [0.25, 0.3) is 0 Å². The number of carbonyl (C=O) groups excluding carboxylic acids is 2. The molecule has 0 fully saturated rings. The van der Waals surface area contributed by atoms with Gasteiger partial charge in [-0.15, -0.1) is 11.8 Å². The number of benzene rings is 1. The molecular formula is C18H23N3O3S. The molecule has 1 aromatic carbocycles. The number of carbonyl (C=O) groups is 2. The summed E-state index contributed by atoms with van der Waals surface area (Å²) >= 11 is 1.31. The van der Waals surface area contributed by atoms with Gasteiger partial charge in [0.15, 0.2) is 5.82 Å². The van der Waals surface area contributed by atoms with E-state index in [-0.39, 0.29) is 22.8 Å². The zero-order valence-corrected chi connectivity index (χ0v) is 15.5. The average molecular weight is 361 g/mol. The predicted molar refractivity (Wildman–Crippen MR) is 99.3 cm³/mol. The number of nitrogens with one attached hydrogen (secondary N) is 1. The lowest BCUT2D eigenvalue weighted by atomic mass is 10.2. The minimum absolute atomic E-state index is 0.0216. The van der Waals surface area contributed by atoms with Crippen LogP contribution in [-0.4, -0.2) is 39.4 Å². The van der Waals surface area contributed by atoms with E-state index in [0.29, 0.717) is 24.7 Å². The Morgan fingerprint density at radius 1 is 1.32 bits per heavy atom. The Bertz CT molecular complexity index is 703. The lowest BCUT2D eigenvalue weighted by Gasteiger charge is -2.21. The van der Waals surface area contributed by atoms with E-state index in [1.54, 1.807) is 24.8 Å². The Labute approximate surface area is 151 Å². The highest BCUT2D eigenvalue weighted by molar-refractivity contribution is 8.01.